The van der Waals surface area contributed by atoms with Crippen molar-refractivity contribution >= 4 is 0 Å². The van der Waals surface area contributed by atoms with Crippen LogP contribution in [0.25, 0.3) is 0 Å². The van der Waals surface area contributed by atoms with E-state index in [1.807, 2.05) is 0 Å². The van der Waals surface area contributed by atoms with E-state index in [9.17, 15) is 0 Å². The van der Waals surface area contributed by atoms with Gasteiger partial charge >= 0.3 is 0 Å². The molecule has 2 rings (SSSR count). The highest BCUT2D eigenvalue weighted by Crippen LogP contribution is 2.43. The van der Waals surface area contributed by atoms with Crippen molar-refractivity contribution in [2.45, 2.75) is 44.6 Å². The standard InChI is InChI=1S/C12H23NO2/c14-7-11(8-15)13-9-12(10-13)5-3-1-2-4-6-12/h11,14-15H,1-10H2. The number of aliphatic hydroxyl groups excluding tert-OH is 2. The molecule has 3 nitrogen and oxygen atoms in total. The van der Waals surface area contributed by atoms with E-state index in [0.29, 0.717) is 5.41 Å². The monoisotopic (exact) mass is 213 g/mol. The fraction of sp³-hybridized carbons (Fsp3) is 1.00. The van der Waals surface area contributed by atoms with Crippen molar-refractivity contribution in [3.05, 3.63) is 0 Å². The molecule has 0 aromatic heterocycles. The second-order valence-corrected chi connectivity index (χ2v) is 5.34. The number of hydrogen-bond donors (Lipinski definition) is 2. The van der Waals surface area contributed by atoms with E-state index in [2.05, 4.69) is 4.90 Å². The van der Waals surface area contributed by atoms with Crippen LogP contribution < -0.4 is 0 Å². The highest BCUT2D eigenvalue weighted by molar-refractivity contribution is 4.97. The van der Waals surface area contributed by atoms with Crippen molar-refractivity contribution < 1.29 is 10.2 Å². The quantitative estimate of drug-likeness (QED) is 0.735. The van der Waals surface area contributed by atoms with Crippen molar-refractivity contribution in [3.8, 4) is 0 Å². The lowest BCUT2D eigenvalue weighted by Crippen LogP contribution is -2.61. The van der Waals surface area contributed by atoms with Gasteiger partial charge in [0, 0.05) is 13.1 Å². The zero-order chi connectivity index (χ0) is 10.7. The Morgan fingerprint density at radius 1 is 0.933 bits per heavy atom. The molecule has 1 heterocycles. The molecule has 2 aliphatic rings. The molecular formula is C12H23NO2. The van der Waals surface area contributed by atoms with Crippen LogP contribution in [0.3, 0.4) is 0 Å². The van der Waals surface area contributed by atoms with Gasteiger partial charge in [-0.3, -0.25) is 4.90 Å². The Bertz CT molecular complexity index is 188. The highest BCUT2D eigenvalue weighted by Gasteiger charge is 2.44. The summed E-state index contributed by atoms with van der Waals surface area (Å²) in [6.45, 7) is 2.37. The number of nitrogens with zero attached hydrogens (tertiary/aromatic N) is 1. The van der Waals surface area contributed by atoms with Crippen LogP contribution in [-0.4, -0.2) is 47.5 Å². The topological polar surface area (TPSA) is 43.7 Å². The summed E-state index contributed by atoms with van der Waals surface area (Å²) in [4.78, 5) is 2.24. The van der Waals surface area contributed by atoms with Crippen LogP contribution in [-0.2, 0) is 0 Å². The Balaban J connectivity index is 1.84. The van der Waals surface area contributed by atoms with Gasteiger partial charge in [-0.15, -0.1) is 0 Å². The SMILES string of the molecule is OCC(CO)N1CC2(CCCCCC2)C1. The van der Waals surface area contributed by atoms with Gasteiger partial charge in [0.2, 0.25) is 0 Å². The van der Waals surface area contributed by atoms with Crippen molar-refractivity contribution in [2.24, 2.45) is 5.41 Å². The van der Waals surface area contributed by atoms with Gasteiger partial charge in [-0.2, -0.15) is 0 Å². The van der Waals surface area contributed by atoms with E-state index in [-0.39, 0.29) is 19.3 Å². The van der Waals surface area contributed by atoms with Crippen LogP contribution in [0.4, 0.5) is 0 Å². The molecular weight excluding hydrogens is 190 g/mol. The average molecular weight is 213 g/mol. The Morgan fingerprint density at radius 2 is 1.47 bits per heavy atom. The maximum absolute atomic E-state index is 9.10. The van der Waals surface area contributed by atoms with Gasteiger partial charge in [0.05, 0.1) is 19.3 Å². The lowest BCUT2D eigenvalue weighted by Gasteiger charge is -2.53. The van der Waals surface area contributed by atoms with Crippen molar-refractivity contribution in [3.63, 3.8) is 0 Å². The van der Waals surface area contributed by atoms with Gasteiger partial charge in [-0.1, -0.05) is 25.7 Å². The third-order valence-electron chi connectivity index (χ3n) is 4.18. The van der Waals surface area contributed by atoms with Crippen LogP contribution in [0.2, 0.25) is 0 Å². The summed E-state index contributed by atoms with van der Waals surface area (Å²) in [6.07, 6.45) is 8.24. The van der Waals surface area contributed by atoms with E-state index < -0.39 is 0 Å². The molecule has 2 fully saturated rings. The van der Waals surface area contributed by atoms with Crippen molar-refractivity contribution in [1.82, 2.24) is 4.90 Å². The largest absolute Gasteiger partial charge is 0.395 e. The molecule has 0 radical (unpaired) electrons. The fourth-order valence-electron chi connectivity index (χ4n) is 3.16. The zero-order valence-corrected chi connectivity index (χ0v) is 9.49. The lowest BCUT2D eigenvalue weighted by molar-refractivity contribution is -0.0681. The molecule has 0 aromatic rings. The van der Waals surface area contributed by atoms with Crippen LogP contribution in [0.5, 0.6) is 0 Å². The summed E-state index contributed by atoms with van der Waals surface area (Å²) in [7, 11) is 0. The van der Waals surface area contributed by atoms with Crippen LogP contribution in [0, 0.1) is 5.41 Å². The highest BCUT2D eigenvalue weighted by atomic mass is 16.3. The first-order valence-electron chi connectivity index (χ1n) is 6.25. The van der Waals surface area contributed by atoms with Crippen LogP contribution in [0.1, 0.15) is 38.5 Å². The van der Waals surface area contributed by atoms with Gasteiger partial charge in [-0.05, 0) is 18.3 Å². The summed E-state index contributed by atoms with van der Waals surface area (Å²) in [5.41, 5.74) is 0.541. The molecule has 1 saturated carbocycles. The zero-order valence-electron chi connectivity index (χ0n) is 9.49. The van der Waals surface area contributed by atoms with E-state index >= 15 is 0 Å². The maximum atomic E-state index is 9.10. The van der Waals surface area contributed by atoms with Gasteiger partial charge in [0.1, 0.15) is 0 Å². The number of hydrogen-bond acceptors (Lipinski definition) is 3. The summed E-state index contributed by atoms with van der Waals surface area (Å²) < 4.78 is 0. The third kappa shape index (κ3) is 2.35. The minimum atomic E-state index is -0.0149. The minimum absolute atomic E-state index is 0.0149. The van der Waals surface area contributed by atoms with Gasteiger partial charge < -0.3 is 10.2 Å². The molecule has 3 heteroatoms. The van der Waals surface area contributed by atoms with Crippen LogP contribution >= 0.6 is 0 Å². The molecule has 2 N–H and O–H groups in total. The smallest absolute Gasteiger partial charge is 0.0609 e. The molecule has 15 heavy (non-hydrogen) atoms. The number of aliphatic hydroxyl groups is 2. The molecule has 1 aliphatic carbocycles. The van der Waals surface area contributed by atoms with Gasteiger partial charge in [0.15, 0.2) is 0 Å². The Labute approximate surface area is 92.1 Å². The molecule has 88 valence electrons. The van der Waals surface area contributed by atoms with Crippen molar-refractivity contribution in [2.75, 3.05) is 26.3 Å². The predicted octanol–water partition coefficient (Wildman–Crippen LogP) is 0.996. The molecule has 0 bridgehead atoms. The summed E-state index contributed by atoms with van der Waals surface area (Å²) in [5, 5.41) is 18.2. The Morgan fingerprint density at radius 3 is 1.93 bits per heavy atom. The fourth-order valence-corrected chi connectivity index (χ4v) is 3.16. The lowest BCUT2D eigenvalue weighted by atomic mass is 9.73. The van der Waals surface area contributed by atoms with E-state index in [1.54, 1.807) is 0 Å². The second-order valence-electron chi connectivity index (χ2n) is 5.34. The predicted molar refractivity (Wildman–Crippen MR) is 59.7 cm³/mol. The van der Waals surface area contributed by atoms with E-state index in [1.165, 1.54) is 38.5 Å². The van der Waals surface area contributed by atoms with E-state index in [0.717, 1.165) is 13.1 Å². The van der Waals surface area contributed by atoms with Gasteiger partial charge in [-0.25, -0.2) is 0 Å². The molecule has 0 aromatic carbocycles. The molecule has 0 amide bonds. The second kappa shape index (κ2) is 4.81. The molecule has 0 atom stereocenters. The number of likely N-dealkylation sites (tertiary alicyclic amines) is 1. The van der Waals surface area contributed by atoms with Gasteiger partial charge in [0.25, 0.3) is 0 Å². The molecule has 1 saturated heterocycles. The Hall–Kier alpha value is -0.120. The number of rotatable bonds is 3. The van der Waals surface area contributed by atoms with Crippen LogP contribution in [0.15, 0.2) is 0 Å². The Kier molecular flexibility index (Phi) is 3.65. The average Bonchev–Trinajstić information content (AvgIpc) is 2.44. The first-order chi connectivity index (χ1) is 7.29. The molecule has 0 unspecified atom stereocenters. The first-order valence-corrected chi connectivity index (χ1v) is 6.25. The summed E-state index contributed by atoms with van der Waals surface area (Å²) in [6, 6.07) is -0.0149. The third-order valence-corrected chi connectivity index (χ3v) is 4.18. The minimum Gasteiger partial charge on any atom is -0.395 e. The summed E-state index contributed by atoms with van der Waals surface area (Å²) in [5.74, 6) is 0. The van der Waals surface area contributed by atoms with E-state index in [4.69, 9.17) is 10.2 Å². The molecule has 1 aliphatic heterocycles. The first kappa shape index (κ1) is 11.4. The molecule has 1 spiro atoms. The normalized spacial score (nSPS) is 26.6. The van der Waals surface area contributed by atoms with Crippen molar-refractivity contribution in [1.29, 1.82) is 0 Å². The maximum Gasteiger partial charge on any atom is 0.0609 e. The summed E-state index contributed by atoms with van der Waals surface area (Å²) >= 11 is 0.